The zero-order valence-corrected chi connectivity index (χ0v) is 17.6. The lowest BCUT2D eigenvalue weighted by molar-refractivity contribution is 0.0738. The van der Waals surface area contributed by atoms with Gasteiger partial charge in [0.15, 0.2) is 0 Å². The third-order valence-electron chi connectivity index (χ3n) is 5.75. The van der Waals surface area contributed by atoms with Crippen molar-refractivity contribution < 1.29 is 9.50 Å². The first-order valence-electron chi connectivity index (χ1n) is 10.4. The Bertz CT molecular complexity index is 751. The highest BCUT2D eigenvalue weighted by Gasteiger charge is 2.25. The number of hydrogen-bond acceptors (Lipinski definition) is 5. The maximum absolute atomic E-state index is 14.3. The van der Waals surface area contributed by atoms with Gasteiger partial charge in [-0.15, -0.1) is 0 Å². The molecule has 5 nitrogen and oxygen atoms in total. The molecule has 1 fully saturated rings. The number of anilines is 1. The maximum atomic E-state index is 14.3. The van der Waals surface area contributed by atoms with Gasteiger partial charge in [0.05, 0.1) is 6.10 Å². The van der Waals surface area contributed by atoms with Crippen LogP contribution in [0.5, 0.6) is 0 Å². The number of hydrogen-bond donors (Lipinski definition) is 1. The minimum atomic E-state index is -0.293. The molecule has 0 radical (unpaired) electrons. The van der Waals surface area contributed by atoms with Crippen LogP contribution >= 0.6 is 0 Å². The lowest BCUT2D eigenvalue weighted by Gasteiger charge is -2.37. The highest BCUT2D eigenvalue weighted by molar-refractivity contribution is 5.52. The maximum Gasteiger partial charge on any atom is 0.136 e. The zero-order chi connectivity index (χ0) is 20.3. The van der Waals surface area contributed by atoms with E-state index < -0.39 is 0 Å². The normalized spacial score (nSPS) is 19.6. The molecule has 1 aromatic heterocycles. The molecule has 0 saturated carbocycles. The van der Waals surface area contributed by atoms with E-state index in [4.69, 9.17) is 4.98 Å². The van der Waals surface area contributed by atoms with Crippen LogP contribution in [0, 0.1) is 19.8 Å². The van der Waals surface area contributed by atoms with Crippen molar-refractivity contribution in [3.8, 4) is 0 Å². The van der Waals surface area contributed by atoms with Crippen molar-refractivity contribution >= 4 is 5.82 Å². The van der Waals surface area contributed by atoms with Gasteiger partial charge < -0.3 is 10.0 Å². The minimum absolute atomic E-state index is 0.107. The zero-order valence-electron chi connectivity index (χ0n) is 17.6. The third kappa shape index (κ3) is 4.97. The number of aliphatic hydroxyl groups is 1. The van der Waals surface area contributed by atoms with E-state index in [1.54, 1.807) is 6.08 Å². The van der Waals surface area contributed by atoms with Gasteiger partial charge in [0, 0.05) is 50.4 Å². The van der Waals surface area contributed by atoms with Crippen molar-refractivity contribution in [2.24, 2.45) is 5.92 Å². The van der Waals surface area contributed by atoms with E-state index in [1.807, 2.05) is 33.8 Å². The van der Waals surface area contributed by atoms with Crippen LogP contribution in [0.4, 0.5) is 10.2 Å². The van der Waals surface area contributed by atoms with E-state index in [-0.39, 0.29) is 17.8 Å². The van der Waals surface area contributed by atoms with E-state index in [2.05, 4.69) is 14.8 Å². The monoisotopic (exact) mass is 388 g/mol. The van der Waals surface area contributed by atoms with Crippen LogP contribution in [0.3, 0.4) is 0 Å². The molecule has 0 aromatic carbocycles. The quantitative estimate of drug-likeness (QED) is 0.810. The lowest BCUT2D eigenvalue weighted by Crippen LogP contribution is -2.49. The summed E-state index contributed by atoms with van der Waals surface area (Å²) in [4.78, 5) is 13.9. The molecule has 2 heterocycles. The van der Waals surface area contributed by atoms with Crippen molar-refractivity contribution in [2.45, 2.75) is 53.1 Å². The van der Waals surface area contributed by atoms with Crippen LogP contribution in [-0.2, 0) is 6.42 Å². The van der Waals surface area contributed by atoms with Crippen molar-refractivity contribution in [3.05, 3.63) is 40.6 Å². The number of aryl methyl sites for hydroxylation is 2. The van der Waals surface area contributed by atoms with Gasteiger partial charge in [0.1, 0.15) is 17.5 Å². The number of β-amino-alcohol motifs (C(OH)–C–C–N with tert-alkyl or cyclic N) is 1. The number of halogens is 1. The van der Waals surface area contributed by atoms with Gasteiger partial charge in [-0.1, -0.05) is 19.9 Å². The fraction of sp³-hybridized carbons (Fsp3) is 0.636. The van der Waals surface area contributed by atoms with Crippen LogP contribution in [-0.4, -0.2) is 58.8 Å². The highest BCUT2D eigenvalue weighted by atomic mass is 19.1. The molecule has 6 heteroatoms. The molecular formula is C22H33FN4O. The summed E-state index contributed by atoms with van der Waals surface area (Å²) in [6.45, 7) is 12.2. The van der Waals surface area contributed by atoms with Crippen molar-refractivity contribution in [1.29, 1.82) is 0 Å². The molecule has 1 aliphatic heterocycles. The van der Waals surface area contributed by atoms with Crippen LogP contribution in [0.2, 0.25) is 0 Å². The first-order chi connectivity index (χ1) is 13.3. The van der Waals surface area contributed by atoms with Gasteiger partial charge in [-0.3, -0.25) is 4.90 Å². The molecule has 2 aliphatic rings. The standard InChI is InChI=1S/C22H33FN4O/c1-15(2)21(28)14-26-9-11-27(12-10-26)22-19(16(3)24-17(4)25-22)13-18-7-5-6-8-20(18)23/h7-8,15,21,28H,5-6,9-14H2,1-4H3. The highest BCUT2D eigenvalue weighted by Crippen LogP contribution is 2.29. The van der Waals surface area contributed by atoms with Crippen LogP contribution in [0.25, 0.3) is 0 Å². The molecule has 0 bridgehead atoms. The van der Waals surface area contributed by atoms with Gasteiger partial charge in [-0.05, 0) is 44.3 Å². The molecule has 1 atom stereocenters. The molecule has 0 amide bonds. The van der Waals surface area contributed by atoms with Gasteiger partial charge >= 0.3 is 0 Å². The number of rotatable bonds is 6. The fourth-order valence-corrected chi connectivity index (χ4v) is 3.85. The summed E-state index contributed by atoms with van der Waals surface area (Å²) in [6, 6.07) is 0. The van der Waals surface area contributed by atoms with E-state index in [1.165, 1.54) is 0 Å². The van der Waals surface area contributed by atoms with Gasteiger partial charge in [-0.2, -0.15) is 0 Å². The Morgan fingerprint density at radius 1 is 1.07 bits per heavy atom. The molecule has 0 spiro atoms. The Hall–Kier alpha value is -1.79. The molecule has 28 heavy (non-hydrogen) atoms. The van der Waals surface area contributed by atoms with Gasteiger partial charge in [-0.25, -0.2) is 14.4 Å². The second-order valence-corrected chi connectivity index (χ2v) is 8.29. The third-order valence-corrected chi connectivity index (χ3v) is 5.75. The predicted octanol–water partition coefficient (Wildman–Crippen LogP) is 3.35. The minimum Gasteiger partial charge on any atom is -0.392 e. The molecule has 3 rings (SSSR count). The first kappa shape index (κ1) is 20.9. The summed E-state index contributed by atoms with van der Waals surface area (Å²) in [5.41, 5.74) is 2.71. The number of aromatic nitrogens is 2. The fourth-order valence-electron chi connectivity index (χ4n) is 3.85. The largest absolute Gasteiger partial charge is 0.392 e. The van der Waals surface area contributed by atoms with Gasteiger partial charge in [0.2, 0.25) is 0 Å². The number of aliphatic hydroxyl groups excluding tert-OH is 1. The molecule has 1 unspecified atom stereocenters. The molecule has 1 N–H and O–H groups in total. The number of allylic oxidation sites excluding steroid dienone is 4. The second kappa shape index (κ2) is 9.14. The number of piperazine rings is 1. The Labute approximate surface area is 168 Å². The van der Waals surface area contributed by atoms with Crippen LogP contribution in [0.15, 0.2) is 23.6 Å². The Morgan fingerprint density at radius 3 is 2.39 bits per heavy atom. The average Bonchev–Trinajstić information content (AvgIpc) is 2.65. The second-order valence-electron chi connectivity index (χ2n) is 8.29. The van der Waals surface area contributed by atoms with Crippen LogP contribution in [0.1, 0.15) is 43.8 Å². The molecule has 1 aromatic rings. The van der Waals surface area contributed by atoms with Crippen molar-refractivity contribution in [2.75, 3.05) is 37.6 Å². The van der Waals surface area contributed by atoms with Crippen molar-refractivity contribution in [1.82, 2.24) is 14.9 Å². The van der Waals surface area contributed by atoms with E-state index in [0.29, 0.717) is 13.0 Å². The summed E-state index contributed by atoms with van der Waals surface area (Å²) >= 11 is 0. The Kier molecular flexibility index (Phi) is 6.83. The van der Waals surface area contributed by atoms with Crippen LogP contribution < -0.4 is 4.90 Å². The summed E-state index contributed by atoms with van der Waals surface area (Å²) in [5.74, 6) is 1.85. The Balaban J connectivity index is 1.75. The van der Waals surface area contributed by atoms with E-state index in [0.717, 1.165) is 67.5 Å². The predicted molar refractivity (Wildman–Crippen MR) is 111 cm³/mol. The lowest BCUT2D eigenvalue weighted by atomic mass is 9.97. The van der Waals surface area contributed by atoms with Gasteiger partial charge in [0.25, 0.3) is 0 Å². The topological polar surface area (TPSA) is 52.5 Å². The summed E-state index contributed by atoms with van der Waals surface area (Å²) < 4.78 is 14.3. The molecule has 1 saturated heterocycles. The summed E-state index contributed by atoms with van der Waals surface area (Å²) in [5, 5.41) is 10.2. The SMILES string of the molecule is Cc1nc(C)c(CC2=CCCC=C2F)c(N2CCN(CC(O)C(C)C)CC2)n1. The molecule has 154 valence electrons. The smallest absolute Gasteiger partial charge is 0.136 e. The van der Waals surface area contributed by atoms with Crippen molar-refractivity contribution in [3.63, 3.8) is 0 Å². The summed E-state index contributed by atoms with van der Waals surface area (Å²) in [7, 11) is 0. The Morgan fingerprint density at radius 2 is 1.75 bits per heavy atom. The number of nitrogens with zero attached hydrogens (tertiary/aromatic N) is 4. The molecular weight excluding hydrogens is 355 g/mol. The summed E-state index contributed by atoms with van der Waals surface area (Å²) in [6.07, 6.45) is 5.59. The average molecular weight is 389 g/mol. The first-order valence-corrected chi connectivity index (χ1v) is 10.4. The van der Waals surface area contributed by atoms with E-state index in [9.17, 15) is 9.50 Å². The molecule has 1 aliphatic carbocycles. The van der Waals surface area contributed by atoms with E-state index >= 15 is 0 Å².